The minimum Gasteiger partial charge on any atom is -0.375 e. The van der Waals surface area contributed by atoms with Crippen molar-refractivity contribution in [3.63, 3.8) is 0 Å². The van der Waals surface area contributed by atoms with E-state index in [0.717, 1.165) is 18.7 Å². The smallest absolute Gasteiger partial charge is 0.375 e. The molecule has 1 amide bonds. The molecule has 174 valence electrons. The summed E-state index contributed by atoms with van der Waals surface area (Å²) in [6, 6.07) is 9.90. The van der Waals surface area contributed by atoms with E-state index in [1.807, 2.05) is 37.4 Å². The van der Waals surface area contributed by atoms with E-state index in [9.17, 15) is 18.0 Å². The molecule has 0 bridgehead atoms. The van der Waals surface area contributed by atoms with Crippen molar-refractivity contribution in [3.05, 3.63) is 30.3 Å². The number of aliphatic imine (C=N–C) groups is 1. The maximum Gasteiger partial charge on any atom is 0.401 e. The first-order chi connectivity index (χ1) is 14.6. The van der Waals surface area contributed by atoms with Crippen LogP contribution in [0, 0.1) is 0 Å². The Morgan fingerprint density at radius 3 is 2.58 bits per heavy atom. The molecule has 1 saturated heterocycles. The molecule has 1 atom stereocenters. The Bertz CT molecular complexity index is 711. The summed E-state index contributed by atoms with van der Waals surface area (Å²) < 4.78 is 37.9. The predicted octanol–water partition coefficient (Wildman–Crippen LogP) is 1.77. The standard InChI is InChI=1S/C21H33F3N6O/c1-28(2)19(31)14-26-20(27-17-10-13-30(15-17)16-21(22,23)24)25-11-7-12-29(3)18-8-5-4-6-9-18/h4-6,8-9,17H,7,10-16H2,1-3H3,(H2,25,26,27). The third kappa shape index (κ3) is 9.46. The molecule has 7 nitrogen and oxygen atoms in total. The van der Waals surface area contributed by atoms with Crippen molar-refractivity contribution in [2.45, 2.75) is 25.1 Å². The van der Waals surface area contributed by atoms with Gasteiger partial charge in [-0.3, -0.25) is 9.69 Å². The summed E-state index contributed by atoms with van der Waals surface area (Å²) in [7, 11) is 5.33. The highest BCUT2D eigenvalue weighted by Gasteiger charge is 2.34. The zero-order valence-electron chi connectivity index (χ0n) is 18.5. The summed E-state index contributed by atoms with van der Waals surface area (Å²) in [5.74, 6) is 0.312. The van der Waals surface area contributed by atoms with Crippen molar-refractivity contribution < 1.29 is 18.0 Å². The van der Waals surface area contributed by atoms with Gasteiger partial charge in [0, 0.05) is 59.1 Å². The first-order valence-corrected chi connectivity index (χ1v) is 10.4. The Hall–Kier alpha value is -2.49. The molecule has 0 radical (unpaired) electrons. The highest BCUT2D eigenvalue weighted by Crippen LogP contribution is 2.20. The Morgan fingerprint density at radius 1 is 1.23 bits per heavy atom. The number of rotatable bonds is 9. The normalized spacial score (nSPS) is 17.5. The van der Waals surface area contributed by atoms with Gasteiger partial charge in [-0.05, 0) is 25.0 Å². The summed E-state index contributed by atoms with van der Waals surface area (Å²) in [4.78, 5) is 21.2. The quantitative estimate of drug-likeness (QED) is 0.347. The average molecular weight is 443 g/mol. The van der Waals surface area contributed by atoms with Crippen molar-refractivity contribution in [1.29, 1.82) is 0 Å². The topological polar surface area (TPSA) is 63.2 Å². The zero-order chi connectivity index (χ0) is 22.9. The lowest BCUT2D eigenvalue weighted by Gasteiger charge is -2.21. The summed E-state index contributed by atoms with van der Waals surface area (Å²) >= 11 is 0. The number of anilines is 1. The Morgan fingerprint density at radius 2 is 1.94 bits per heavy atom. The van der Waals surface area contributed by atoms with Crippen LogP contribution in [0.4, 0.5) is 18.9 Å². The first-order valence-electron chi connectivity index (χ1n) is 10.4. The van der Waals surface area contributed by atoms with Gasteiger partial charge in [0.15, 0.2) is 5.96 Å². The van der Waals surface area contributed by atoms with E-state index in [0.29, 0.717) is 32.0 Å². The van der Waals surface area contributed by atoms with E-state index in [-0.39, 0.29) is 18.5 Å². The number of amides is 1. The molecule has 1 heterocycles. The van der Waals surface area contributed by atoms with Crippen molar-refractivity contribution in [1.82, 2.24) is 20.4 Å². The van der Waals surface area contributed by atoms with Crippen LogP contribution >= 0.6 is 0 Å². The van der Waals surface area contributed by atoms with Crippen molar-refractivity contribution in [2.24, 2.45) is 4.99 Å². The number of likely N-dealkylation sites (N-methyl/N-ethyl adjacent to an activating group) is 1. The molecule has 1 aliphatic rings. The molecule has 1 unspecified atom stereocenters. The van der Waals surface area contributed by atoms with E-state index >= 15 is 0 Å². The monoisotopic (exact) mass is 442 g/mol. The van der Waals surface area contributed by atoms with E-state index in [4.69, 9.17) is 0 Å². The second-order valence-electron chi connectivity index (χ2n) is 7.97. The summed E-state index contributed by atoms with van der Waals surface area (Å²) in [6.07, 6.45) is -2.78. The van der Waals surface area contributed by atoms with Crippen LogP contribution in [0.1, 0.15) is 12.8 Å². The van der Waals surface area contributed by atoms with Crippen molar-refractivity contribution in [2.75, 3.05) is 65.3 Å². The fraction of sp³-hybridized carbons (Fsp3) is 0.619. The number of likely N-dealkylation sites (tertiary alicyclic amines) is 1. The lowest BCUT2D eigenvalue weighted by atomic mass is 10.2. The highest BCUT2D eigenvalue weighted by molar-refractivity contribution is 5.85. The summed E-state index contributed by atoms with van der Waals surface area (Å²) in [5, 5.41) is 6.40. The Kier molecular flexibility index (Phi) is 9.42. The SMILES string of the molecule is CN(C)C(=O)CN=C(NCCCN(C)c1ccccc1)NC1CCN(CC(F)(F)F)C1. The van der Waals surface area contributed by atoms with Gasteiger partial charge >= 0.3 is 6.18 Å². The number of benzene rings is 1. The Balaban J connectivity index is 1.85. The number of carbonyl (C=O) groups is 1. The van der Waals surface area contributed by atoms with Crippen LogP contribution < -0.4 is 15.5 Å². The number of para-hydroxylation sites is 1. The number of guanidine groups is 1. The Labute approximate surface area is 182 Å². The van der Waals surface area contributed by atoms with Gasteiger partial charge in [-0.1, -0.05) is 18.2 Å². The number of hydrogen-bond donors (Lipinski definition) is 2. The van der Waals surface area contributed by atoms with Gasteiger partial charge in [-0.25, -0.2) is 4.99 Å². The lowest BCUT2D eigenvalue weighted by Crippen LogP contribution is -2.46. The third-order valence-corrected chi connectivity index (χ3v) is 5.05. The molecule has 2 N–H and O–H groups in total. The highest BCUT2D eigenvalue weighted by atomic mass is 19.4. The molecule has 2 rings (SSSR count). The van der Waals surface area contributed by atoms with E-state index in [1.54, 1.807) is 14.1 Å². The van der Waals surface area contributed by atoms with Crippen LogP contribution in [0.15, 0.2) is 35.3 Å². The molecular formula is C21H33F3N6O. The number of alkyl halides is 3. The number of nitrogens with zero attached hydrogens (tertiary/aromatic N) is 4. The van der Waals surface area contributed by atoms with Crippen molar-refractivity contribution in [3.8, 4) is 0 Å². The van der Waals surface area contributed by atoms with Gasteiger partial charge < -0.3 is 20.4 Å². The zero-order valence-corrected chi connectivity index (χ0v) is 18.5. The fourth-order valence-electron chi connectivity index (χ4n) is 3.32. The molecule has 1 aromatic carbocycles. The number of hydrogen-bond acceptors (Lipinski definition) is 4. The van der Waals surface area contributed by atoms with Crippen LogP contribution in [0.5, 0.6) is 0 Å². The average Bonchev–Trinajstić information content (AvgIpc) is 3.14. The number of carbonyl (C=O) groups excluding carboxylic acids is 1. The van der Waals surface area contributed by atoms with E-state index in [1.165, 1.54) is 9.80 Å². The number of nitrogens with one attached hydrogen (secondary N) is 2. The minimum atomic E-state index is -4.20. The summed E-state index contributed by atoms with van der Waals surface area (Å²) in [5.41, 5.74) is 1.13. The van der Waals surface area contributed by atoms with E-state index in [2.05, 4.69) is 20.5 Å². The van der Waals surface area contributed by atoms with Crippen LogP contribution in [0.25, 0.3) is 0 Å². The van der Waals surface area contributed by atoms with Gasteiger partial charge in [0.25, 0.3) is 0 Å². The van der Waals surface area contributed by atoms with Gasteiger partial charge in [-0.2, -0.15) is 13.2 Å². The molecule has 0 saturated carbocycles. The second-order valence-corrected chi connectivity index (χ2v) is 7.97. The molecule has 1 fully saturated rings. The molecule has 0 spiro atoms. The van der Waals surface area contributed by atoms with Gasteiger partial charge in [0.1, 0.15) is 6.54 Å². The molecule has 1 aromatic rings. The minimum absolute atomic E-state index is 0.0226. The summed E-state index contributed by atoms with van der Waals surface area (Å²) in [6.45, 7) is 1.19. The second kappa shape index (κ2) is 11.8. The van der Waals surface area contributed by atoms with Crippen LogP contribution in [-0.2, 0) is 4.79 Å². The van der Waals surface area contributed by atoms with Gasteiger partial charge in [0.2, 0.25) is 5.91 Å². The third-order valence-electron chi connectivity index (χ3n) is 5.05. The maximum atomic E-state index is 12.6. The van der Waals surface area contributed by atoms with Crippen LogP contribution in [-0.4, -0.2) is 94.3 Å². The molecule has 31 heavy (non-hydrogen) atoms. The van der Waals surface area contributed by atoms with Crippen LogP contribution in [0.3, 0.4) is 0 Å². The molecular weight excluding hydrogens is 409 g/mol. The number of halogens is 3. The predicted molar refractivity (Wildman–Crippen MR) is 117 cm³/mol. The van der Waals surface area contributed by atoms with Crippen molar-refractivity contribution >= 4 is 17.6 Å². The first kappa shape index (κ1) is 24.8. The van der Waals surface area contributed by atoms with Gasteiger partial charge in [0.05, 0.1) is 6.54 Å². The van der Waals surface area contributed by atoms with Gasteiger partial charge in [-0.15, -0.1) is 0 Å². The fourth-order valence-corrected chi connectivity index (χ4v) is 3.32. The maximum absolute atomic E-state index is 12.6. The lowest BCUT2D eigenvalue weighted by molar-refractivity contribution is -0.143. The molecule has 0 aliphatic carbocycles. The molecule has 10 heteroatoms. The van der Waals surface area contributed by atoms with E-state index < -0.39 is 12.7 Å². The van der Waals surface area contributed by atoms with Crippen LogP contribution in [0.2, 0.25) is 0 Å². The largest absolute Gasteiger partial charge is 0.401 e. The molecule has 0 aromatic heterocycles. The molecule has 1 aliphatic heterocycles.